The lowest BCUT2D eigenvalue weighted by Crippen LogP contribution is -2.50. The maximum absolute atomic E-state index is 14.4. The number of nitrogens with zero attached hydrogens (tertiary/aromatic N) is 5. The van der Waals surface area contributed by atoms with Gasteiger partial charge in [0.05, 0.1) is 11.1 Å². The van der Waals surface area contributed by atoms with Gasteiger partial charge in [-0.25, -0.2) is 13.8 Å². The summed E-state index contributed by atoms with van der Waals surface area (Å²) in [5.74, 6) is -4.39. The molecule has 9 heteroatoms. The molecule has 0 radical (unpaired) electrons. The summed E-state index contributed by atoms with van der Waals surface area (Å²) < 4.78 is 56.6. The minimum Gasteiger partial charge on any atom is -0.352 e. The summed E-state index contributed by atoms with van der Waals surface area (Å²) in [5.41, 5.74) is -0.0930. The van der Waals surface area contributed by atoms with Crippen molar-refractivity contribution < 1.29 is 17.6 Å². The molecule has 0 saturated carbocycles. The highest BCUT2D eigenvalue weighted by molar-refractivity contribution is 6.08. The van der Waals surface area contributed by atoms with Crippen LogP contribution in [0, 0.1) is 5.82 Å². The van der Waals surface area contributed by atoms with Crippen LogP contribution in [-0.2, 0) is 13.0 Å². The Kier molecular flexibility index (Phi) is 4.20. The first-order valence-corrected chi connectivity index (χ1v) is 9.77. The summed E-state index contributed by atoms with van der Waals surface area (Å²) in [7, 11) is 1.74. The van der Waals surface area contributed by atoms with Crippen molar-refractivity contribution in [2.24, 2.45) is 7.05 Å². The summed E-state index contributed by atoms with van der Waals surface area (Å²) in [6, 6.07) is 2.46. The molecule has 1 atom stereocenters. The fourth-order valence-corrected chi connectivity index (χ4v) is 4.65. The molecular weight excluding hydrogens is 386 g/mol. The SMILES string of the molecule is Cn1cc2c(n1)c(N1CCN3CCCC3C1)nc1cc(F)c(C(F)(F)CF)cc12. The van der Waals surface area contributed by atoms with Crippen molar-refractivity contribution in [1.82, 2.24) is 19.7 Å². The minimum atomic E-state index is -3.88. The Hall–Kier alpha value is -2.42. The van der Waals surface area contributed by atoms with E-state index in [2.05, 4.69) is 19.9 Å². The van der Waals surface area contributed by atoms with E-state index in [4.69, 9.17) is 0 Å². The Labute approximate surface area is 164 Å². The van der Waals surface area contributed by atoms with Gasteiger partial charge in [0.2, 0.25) is 0 Å². The molecule has 0 spiro atoms. The molecule has 154 valence electrons. The number of anilines is 1. The summed E-state index contributed by atoms with van der Waals surface area (Å²) in [6.07, 6.45) is 4.02. The van der Waals surface area contributed by atoms with Gasteiger partial charge in [-0.3, -0.25) is 9.58 Å². The van der Waals surface area contributed by atoms with Gasteiger partial charge in [-0.2, -0.15) is 13.9 Å². The number of aromatic nitrogens is 3. The van der Waals surface area contributed by atoms with Gasteiger partial charge in [-0.15, -0.1) is 0 Å². The van der Waals surface area contributed by atoms with Gasteiger partial charge in [-0.1, -0.05) is 0 Å². The number of halogens is 4. The van der Waals surface area contributed by atoms with Crippen LogP contribution in [0.3, 0.4) is 0 Å². The van der Waals surface area contributed by atoms with Crippen LogP contribution in [0.15, 0.2) is 18.3 Å². The number of piperazine rings is 1. The van der Waals surface area contributed by atoms with Crippen LogP contribution >= 0.6 is 0 Å². The fourth-order valence-electron chi connectivity index (χ4n) is 4.65. The van der Waals surface area contributed by atoms with Crippen LogP contribution in [0.4, 0.5) is 23.4 Å². The summed E-state index contributed by atoms with van der Waals surface area (Å²) in [5, 5.41) is 5.46. The Morgan fingerprint density at radius 2 is 2.00 bits per heavy atom. The average molecular weight is 407 g/mol. The van der Waals surface area contributed by atoms with E-state index in [-0.39, 0.29) is 5.52 Å². The molecule has 2 fully saturated rings. The van der Waals surface area contributed by atoms with Crippen molar-refractivity contribution in [3.8, 4) is 0 Å². The van der Waals surface area contributed by atoms with Crippen LogP contribution in [0.5, 0.6) is 0 Å². The molecule has 2 aliphatic rings. The standard InChI is InChI=1S/C20H21F4N5/c1-27-10-14-13-7-15(20(23,24)11-21)16(22)8-17(13)25-19(18(14)26-27)29-6-5-28-4-2-3-12(28)9-29/h7-8,10,12H,2-6,9,11H2,1H3. The summed E-state index contributed by atoms with van der Waals surface area (Å²) in [4.78, 5) is 9.24. The Morgan fingerprint density at radius 3 is 2.79 bits per heavy atom. The van der Waals surface area contributed by atoms with Crippen LogP contribution in [0.2, 0.25) is 0 Å². The molecule has 29 heavy (non-hydrogen) atoms. The van der Waals surface area contributed by atoms with Crippen molar-refractivity contribution in [1.29, 1.82) is 0 Å². The summed E-state index contributed by atoms with van der Waals surface area (Å²) in [6.45, 7) is 1.67. The third-order valence-corrected chi connectivity index (χ3v) is 6.09. The Morgan fingerprint density at radius 1 is 1.17 bits per heavy atom. The lowest BCUT2D eigenvalue weighted by atomic mass is 10.0. The summed E-state index contributed by atoms with van der Waals surface area (Å²) >= 11 is 0. The molecule has 1 aromatic carbocycles. The molecular formula is C20H21F4N5. The van der Waals surface area contributed by atoms with E-state index in [9.17, 15) is 17.6 Å². The second kappa shape index (κ2) is 6.55. The highest BCUT2D eigenvalue weighted by Crippen LogP contribution is 2.37. The predicted molar refractivity (Wildman–Crippen MR) is 103 cm³/mol. The molecule has 3 aromatic rings. The van der Waals surface area contributed by atoms with E-state index >= 15 is 0 Å². The largest absolute Gasteiger partial charge is 0.352 e. The first kappa shape index (κ1) is 18.6. The second-order valence-electron chi connectivity index (χ2n) is 7.97. The number of aryl methyl sites for hydroxylation is 1. The number of hydrogen-bond acceptors (Lipinski definition) is 4. The Balaban J connectivity index is 1.68. The maximum atomic E-state index is 14.4. The van der Waals surface area contributed by atoms with Gasteiger partial charge in [0.25, 0.3) is 0 Å². The van der Waals surface area contributed by atoms with Gasteiger partial charge in [0.15, 0.2) is 12.5 Å². The second-order valence-corrected chi connectivity index (χ2v) is 7.97. The van der Waals surface area contributed by atoms with Crippen molar-refractivity contribution in [3.63, 3.8) is 0 Å². The monoisotopic (exact) mass is 407 g/mol. The number of hydrogen-bond donors (Lipinski definition) is 0. The van der Waals surface area contributed by atoms with Gasteiger partial charge in [0, 0.05) is 55.8 Å². The molecule has 2 saturated heterocycles. The lowest BCUT2D eigenvalue weighted by Gasteiger charge is -2.38. The topological polar surface area (TPSA) is 37.2 Å². The van der Waals surface area contributed by atoms with E-state index in [0.29, 0.717) is 28.1 Å². The lowest BCUT2D eigenvalue weighted by molar-refractivity contribution is -0.0310. The normalized spacial score (nSPS) is 20.7. The number of pyridine rings is 1. The zero-order valence-corrected chi connectivity index (χ0v) is 16.0. The molecule has 2 aromatic heterocycles. The van der Waals surface area contributed by atoms with E-state index in [1.54, 1.807) is 17.9 Å². The minimum absolute atomic E-state index is 0.269. The van der Waals surface area contributed by atoms with Crippen LogP contribution < -0.4 is 4.90 Å². The fraction of sp³-hybridized carbons (Fsp3) is 0.500. The number of alkyl halides is 3. The highest BCUT2D eigenvalue weighted by atomic mass is 19.3. The zero-order chi connectivity index (χ0) is 20.3. The van der Waals surface area contributed by atoms with Crippen molar-refractivity contribution in [2.45, 2.75) is 24.8 Å². The first-order chi connectivity index (χ1) is 13.9. The van der Waals surface area contributed by atoms with Crippen molar-refractivity contribution in [2.75, 3.05) is 37.8 Å². The first-order valence-electron chi connectivity index (χ1n) is 9.77. The molecule has 2 aliphatic heterocycles. The van der Waals surface area contributed by atoms with Gasteiger partial charge in [0.1, 0.15) is 11.3 Å². The van der Waals surface area contributed by atoms with E-state index < -0.39 is 24.0 Å². The van der Waals surface area contributed by atoms with Crippen LogP contribution in [0.25, 0.3) is 21.8 Å². The van der Waals surface area contributed by atoms with Gasteiger partial charge in [-0.05, 0) is 25.5 Å². The average Bonchev–Trinajstić information content (AvgIpc) is 3.32. The number of benzene rings is 1. The molecule has 0 bridgehead atoms. The quantitative estimate of drug-likeness (QED) is 0.622. The smallest absolute Gasteiger partial charge is 0.303 e. The molecule has 1 unspecified atom stereocenters. The predicted octanol–water partition coefficient (Wildman–Crippen LogP) is 3.61. The maximum Gasteiger partial charge on any atom is 0.303 e. The molecule has 5 rings (SSSR count). The third kappa shape index (κ3) is 2.94. The number of rotatable bonds is 3. The zero-order valence-electron chi connectivity index (χ0n) is 16.0. The van der Waals surface area contributed by atoms with Crippen LogP contribution in [-0.4, -0.2) is 58.6 Å². The van der Waals surface area contributed by atoms with Crippen molar-refractivity contribution in [3.05, 3.63) is 29.7 Å². The third-order valence-electron chi connectivity index (χ3n) is 6.09. The van der Waals surface area contributed by atoms with Gasteiger partial charge < -0.3 is 4.90 Å². The molecule has 4 heterocycles. The van der Waals surface area contributed by atoms with Crippen molar-refractivity contribution >= 4 is 27.6 Å². The van der Waals surface area contributed by atoms with E-state index in [1.807, 2.05) is 0 Å². The van der Waals surface area contributed by atoms with Gasteiger partial charge >= 0.3 is 5.92 Å². The van der Waals surface area contributed by atoms with E-state index in [1.165, 1.54) is 6.42 Å². The number of fused-ring (bicyclic) bond motifs is 4. The molecule has 0 aliphatic carbocycles. The molecule has 5 nitrogen and oxygen atoms in total. The molecule has 0 N–H and O–H groups in total. The Bertz CT molecular complexity index is 1100. The van der Waals surface area contributed by atoms with Crippen LogP contribution in [0.1, 0.15) is 18.4 Å². The van der Waals surface area contributed by atoms with E-state index in [0.717, 1.165) is 44.7 Å². The highest BCUT2D eigenvalue weighted by Gasteiger charge is 2.36. The molecule has 0 amide bonds.